The Hall–Kier alpha value is -3.71. The number of piperazine rings is 1. The average Bonchev–Trinajstić information content (AvgIpc) is 3.44. The van der Waals surface area contributed by atoms with E-state index in [4.69, 9.17) is 16.3 Å². The molecule has 4 rings (SSSR count). The first kappa shape index (κ1) is 31.2. The number of halogens is 5. The number of carbonyl (C=O) groups excluding carboxylic acids is 3. The van der Waals surface area contributed by atoms with Crippen molar-refractivity contribution in [3.63, 3.8) is 0 Å². The van der Waals surface area contributed by atoms with Gasteiger partial charge in [0.1, 0.15) is 18.2 Å². The number of rotatable bonds is 11. The number of nitrogens with one attached hydrogen (secondary N) is 1. The van der Waals surface area contributed by atoms with E-state index in [2.05, 4.69) is 5.32 Å². The molecule has 2 fully saturated rings. The summed E-state index contributed by atoms with van der Waals surface area (Å²) in [5, 5.41) is 12.3. The number of amides is 2. The van der Waals surface area contributed by atoms with Crippen LogP contribution in [0.3, 0.4) is 0 Å². The SMILES string of the molecule is O=C(O)C[C@H](NC(=O)C1(N2CCN(Cc3cccc(Cl)c3)C(=O)C2)CCCC1)C(=O)COc1c(F)c(F)cc(F)c1F. The highest BCUT2D eigenvalue weighted by atomic mass is 35.5. The second-order valence-corrected chi connectivity index (χ2v) is 10.7. The highest BCUT2D eigenvalue weighted by Crippen LogP contribution is 2.37. The van der Waals surface area contributed by atoms with Gasteiger partial charge in [0, 0.05) is 30.7 Å². The smallest absolute Gasteiger partial charge is 0.305 e. The molecule has 1 atom stereocenters. The zero-order chi connectivity index (χ0) is 30.6. The van der Waals surface area contributed by atoms with Gasteiger partial charge in [0.2, 0.25) is 23.4 Å². The van der Waals surface area contributed by atoms with Crippen molar-refractivity contribution in [2.45, 2.75) is 50.2 Å². The average molecular weight is 614 g/mol. The molecular weight excluding hydrogens is 586 g/mol. The van der Waals surface area contributed by atoms with Crippen molar-refractivity contribution in [1.29, 1.82) is 0 Å². The Labute approximate surface area is 243 Å². The summed E-state index contributed by atoms with van der Waals surface area (Å²) < 4.78 is 59.6. The van der Waals surface area contributed by atoms with Gasteiger partial charge in [-0.05, 0) is 30.5 Å². The number of nitrogens with zero attached hydrogens (tertiary/aromatic N) is 2. The molecule has 42 heavy (non-hydrogen) atoms. The quantitative estimate of drug-likeness (QED) is 0.295. The van der Waals surface area contributed by atoms with Crippen molar-refractivity contribution >= 4 is 35.2 Å². The maximum atomic E-state index is 13.9. The van der Waals surface area contributed by atoms with Gasteiger partial charge in [-0.15, -0.1) is 0 Å². The van der Waals surface area contributed by atoms with Crippen molar-refractivity contribution in [1.82, 2.24) is 15.1 Å². The predicted octanol–water partition coefficient (Wildman–Crippen LogP) is 3.46. The van der Waals surface area contributed by atoms with Crippen molar-refractivity contribution < 1.29 is 46.6 Å². The molecule has 0 bridgehead atoms. The van der Waals surface area contributed by atoms with Gasteiger partial charge in [-0.2, -0.15) is 8.78 Å². The Morgan fingerprint density at radius 3 is 2.31 bits per heavy atom. The fourth-order valence-corrected chi connectivity index (χ4v) is 5.59. The van der Waals surface area contributed by atoms with Gasteiger partial charge in [0.05, 0.1) is 13.0 Å². The third-order valence-corrected chi connectivity index (χ3v) is 7.78. The molecule has 2 N–H and O–H groups in total. The fraction of sp³-hybridized carbons (Fsp3) is 0.429. The van der Waals surface area contributed by atoms with E-state index in [0.717, 1.165) is 5.56 Å². The third-order valence-electron chi connectivity index (χ3n) is 7.54. The monoisotopic (exact) mass is 613 g/mol. The largest absolute Gasteiger partial charge is 0.481 e. The molecular formula is C28H28ClF4N3O6. The van der Waals surface area contributed by atoms with Gasteiger partial charge in [-0.3, -0.25) is 24.1 Å². The Morgan fingerprint density at radius 1 is 1.05 bits per heavy atom. The van der Waals surface area contributed by atoms with Crippen molar-refractivity contribution in [3.8, 4) is 5.75 Å². The number of hydrogen-bond acceptors (Lipinski definition) is 6. The van der Waals surface area contributed by atoms with Crippen LogP contribution < -0.4 is 10.1 Å². The molecule has 1 saturated carbocycles. The molecule has 0 spiro atoms. The highest BCUT2D eigenvalue weighted by molar-refractivity contribution is 6.30. The molecule has 14 heteroatoms. The van der Waals surface area contributed by atoms with Crippen molar-refractivity contribution in [2.75, 3.05) is 26.2 Å². The first-order chi connectivity index (χ1) is 19.9. The lowest BCUT2D eigenvalue weighted by Crippen LogP contribution is -2.65. The summed E-state index contributed by atoms with van der Waals surface area (Å²) in [6.07, 6.45) is 1.11. The van der Waals surface area contributed by atoms with Gasteiger partial charge in [0.15, 0.2) is 23.2 Å². The molecule has 0 unspecified atom stereocenters. The number of hydrogen-bond donors (Lipinski definition) is 2. The number of carboxylic acids is 1. The van der Waals surface area contributed by atoms with Crippen LogP contribution in [0.2, 0.25) is 5.02 Å². The van der Waals surface area contributed by atoms with E-state index in [1.165, 1.54) is 0 Å². The van der Waals surface area contributed by atoms with E-state index < -0.39 is 71.3 Å². The topological polar surface area (TPSA) is 116 Å². The number of ketones is 1. The van der Waals surface area contributed by atoms with Crippen molar-refractivity contribution in [2.24, 2.45) is 0 Å². The van der Waals surface area contributed by atoms with Crippen LogP contribution in [0.25, 0.3) is 0 Å². The Bertz CT molecular complexity index is 1360. The summed E-state index contributed by atoms with van der Waals surface area (Å²) in [6.45, 7) is -0.282. The van der Waals surface area contributed by atoms with Crippen LogP contribution in [-0.2, 0) is 25.7 Å². The third kappa shape index (κ3) is 6.84. The van der Waals surface area contributed by atoms with E-state index in [-0.39, 0.29) is 18.5 Å². The van der Waals surface area contributed by atoms with Crippen LogP contribution in [0.1, 0.15) is 37.7 Å². The lowest BCUT2D eigenvalue weighted by Gasteiger charge is -2.44. The van der Waals surface area contributed by atoms with Gasteiger partial charge in [-0.25, -0.2) is 8.78 Å². The number of carboxylic acid groups (broad SMARTS) is 1. The van der Waals surface area contributed by atoms with Crippen LogP contribution in [0.15, 0.2) is 30.3 Å². The number of aliphatic carboxylic acids is 1. The van der Waals surface area contributed by atoms with E-state index in [0.29, 0.717) is 50.3 Å². The lowest BCUT2D eigenvalue weighted by molar-refractivity contribution is -0.147. The van der Waals surface area contributed by atoms with Crippen LogP contribution in [0, 0.1) is 23.3 Å². The first-order valence-corrected chi connectivity index (χ1v) is 13.6. The van der Waals surface area contributed by atoms with E-state index in [1.54, 1.807) is 28.0 Å². The summed E-state index contributed by atoms with van der Waals surface area (Å²) in [5.41, 5.74) is -0.352. The normalized spacial score (nSPS) is 17.6. The molecule has 1 aliphatic heterocycles. The molecule has 9 nitrogen and oxygen atoms in total. The molecule has 226 valence electrons. The minimum absolute atomic E-state index is 0.0321. The summed E-state index contributed by atoms with van der Waals surface area (Å²) in [6, 6.07) is 5.38. The summed E-state index contributed by atoms with van der Waals surface area (Å²) in [5.74, 6) is -12.2. The zero-order valence-corrected chi connectivity index (χ0v) is 23.1. The summed E-state index contributed by atoms with van der Waals surface area (Å²) in [4.78, 5) is 54.4. The van der Waals surface area contributed by atoms with Gasteiger partial charge in [0.25, 0.3) is 0 Å². The standard InChI is InChI=1S/C28H28ClF4N3O6/c29-17-5-3-4-16(10-17)13-35-8-9-36(14-22(35)38)28(6-1-2-7-28)27(41)34-20(12-23(39)40)21(37)15-42-26-24(32)18(30)11-19(31)25(26)33/h3-5,10-11,20H,1-2,6-9,12-15H2,(H,34,41)(H,39,40)/t20-/m0/s1. The minimum atomic E-state index is -1.87. The molecule has 0 aromatic heterocycles. The summed E-state index contributed by atoms with van der Waals surface area (Å²) in [7, 11) is 0. The number of ether oxygens (including phenoxy) is 1. The predicted molar refractivity (Wildman–Crippen MR) is 141 cm³/mol. The molecule has 2 aliphatic rings. The lowest BCUT2D eigenvalue weighted by atomic mass is 9.91. The molecule has 2 aromatic rings. The Morgan fingerprint density at radius 2 is 1.71 bits per heavy atom. The molecule has 2 aromatic carbocycles. The van der Waals surface area contributed by atoms with Crippen LogP contribution >= 0.6 is 11.6 Å². The van der Waals surface area contributed by atoms with Gasteiger partial charge in [-0.1, -0.05) is 36.6 Å². The van der Waals surface area contributed by atoms with Gasteiger partial charge < -0.3 is 20.1 Å². The number of Topliss-reactive ketones (excluding diaryl/α,β-unsaturated/α-hetero) is 1. The maximum absolute atomic E-state index is 13.9. The van der Waals surface area contributed by atoms with E-state index in [1.807, 2.05) is 6.07 Å². The first-order valence-electron chi connectivity index (χ1n) is 13.2. The number of carbonyl (C=O) groups is 4. The zero-order valence-electron chi connectivity index (χ0n) is 22.3. The molecule has 1 saturated heterocycles. The summed E-state index contributed by atoms with van der Waals surface area (Å²) >= 11 is 6.05. The maximum Gasteiger partial charge on any atom is 0.305 e. The Kier molecular flexibility index (Phi) is 9.72. The second kappa shape index (κ2) is 13.1. The molecule has 2 amide bonds. The van der Waals surface area contributed by atoms with Crippen molar-refractivity contribution in [3.05, 3.63) is 64.2 Å². The van der Waals surface area contributed by atoms with Crippen LogP contribution in [0.5, 0.6) is 5.75 Å². The Balaban J connectivity index is 1.46. The molecule has 1 heterocycles. The molecule has 1 aliphatic carbocycles. The second-order valence-electron chi connectivity index (χ2n) is 10.3. The van der Waals surface area contributed by atoms with Crippen LogP contribution in [-0.4, -0.2) is 76.3 Å². The van der Waals surface area contributed by atoms with E-state index >= 15 is 0 Å². The number of benzene rings is 2. The minimum Gasteiger partial charge on any atom is -0.481 e. The molecule has 0 radical (unpaired) electrons. The van der Waals surface area contributed by atoms with Crippen LogP contribution in [0.4, 0.5) is 17.6 Å². The highest BCUT2D eigenvalue weighted by Gasteiger charge is 2.49. The van der Waals surface area contributed by atoms with E-state index in [9.17, 15) is 41.8 Å². The fourth-order valence-electron chi connectivity index (χ4n) is 5.38. The van der Waals surface area contributed by atoms with Gasteiger partial charge >= 0.3 is 5.97 Å².